The minimum absolute atomic E-state index is 0.876. The molecule has 280 valence electrons. The molecule has 0 saturated heterocycles. The van der Waals surface area contributed by atoms with Gasteiger partial charge in [-0.15, -0.1) is 11.3 Å². The smallest absolute Gasteiger partial charge is 0.143 e. The number of furan rings is 1. The summed E-state index contributed by atoms with van der Waals surface area (Å²) in [5.74, 6) is 13.6. The third-order valence-corrected chi connectivity index (χ3v) is 12.5. The summed E-state index contributed by atoms with van der Waals surface area (Å²) in [4.78, 5) is 0. The van der Waals surface area contributed by atoms with E-state index in [4.69, 9.17) is 4.42 Å². The van der Waals surface area contributed by atoms with Crippen LogP contribution in [0.1, 0.15) is 124 Å². The number of unbranched alkanes of at least 4 members (excludes halogenated alkanes) is 10. The van der Waals surface area contributed by atoms with Gasteiger partial charge in [0.2, 0.25) is 0 Å². The summed E-state index contributed by atoms with van der Waals surface area (Å²) in [5.41, 5.74) is 8.74. The van der Waals surface area contributed by atoms with Gasteiger partial charge in [0.1, 0.15) is 11.2 Å². The van der Waals surface area contributed by atoms with Gasteiger partial charge in [-0.1, -0.05) is 144 Å². The number of rotatable bonds is 14. The summed E-state index contributed by atoms with van der Waals surface area (Å²) in [6.07, 6.45) is 18.3. The number of benzene rings is 6. The molecular weight excluding hydrogens is 697 g/mol. The lowest BCUT2D eigenvalue weighted by Crippen LogP contribution is -1.87. The number of hydrogen-bond donors (Lipinski definition) is 0. The molecule has 8 aromatic rings. The van der Waals surface area contributed by atoms with Crippen molar-refractivity contribution in [1.29, 1.82) is 0 Å². The molecule has 0 radical (unpaired) electrons. The van der Waals surface area contributed by atoms with E-state index in [1.165, 1.54) is 114 Å². The second-order valence-electron chi connectivity index (χ2n) is 15.5. The molecule has 0 fully saturated rings. The highest BCUT2D eigenvalue weighted by atomic mass is 32.1. The standard InChI is InChI=1S/C54H52OS/c1-3-5-7-9-11-13-15-39-17-21-41(22-18-39)25-27-43-29-31-45-47-33-36-50-48(53(47)55-51(45)37-43)34-35-49-46-32-30-44(38-52(46)56-54(49)50)28-26-42-23-19-40(20-24-42)16-14-12-10-8-6-4-2/h17-24,29-38H,3-16H2,1-2H3. The van der Waals surface area contributed by atoms with Crippen LogP contribution in [0.15, 0.2) is 114 Å². The van der Waals surface area contributed by atoms with E-state index in [9.17, 15) is 0 Å². The first kappa shape index (κ1) is 37.6. The zero-order chi connectivity index (χ0) is 38.1. The monoisotopic (exact) mass is 748 g/mol. The molecule has 8 rings (SSSR count). The van der Waals surface area contributed by atoms with E-state index in [1.807, 2.05) is 11.3 Å². The van der Waals surface area contributed by atoms with Gasteiger partial charge in [-0.05, 0) is 104 Å². The van der Waals surface area contributed by atoms with E-state index in [2.05, 4.69) is 147 Å². The maximum Gasteiger partial charge on any atom is 0.143 e. The second kappa shape index (κ2) is 18.1. The molecule has 0 bridgehead atoms. The Balaban J connectivity index is 0.976. The Hall–Kier alpha value is -5.28. The average Bonchev–Trinajstić information content (AvgIpc) is 3.80. The number of fused-ring (bicyclic) bond motifs is 9. The minimum atomic E-state index is 0.876. The number of thiophene rings is 1. The molecule has 0 aliphatic heterocycles. The highest BCUT2D eigenvalue weighted by molar-refractivity contribution is 7.26. The summed E-state index contributed by atoms with van der Waals surface area (Å²) in [6, 6.07) is 39.6. The quantitative estimate of drug-likeness (QED) is 0.0797. The normalized spacial score (nSPS) is 11.4. The van der Waals surface area contributed by atoms with Crippen molar-refractivity contribution < 1.29 is 4.42 Å². The van der Waals surface area contributed by atoms with Crippen LogP contribution in [0, 0.1) is 23.7 Å². The molecule has 0 aliphatic rings. The average molecular weight is 749 g/mol. The zero-order valence-corrected chi connectivity index (χ0v) is 33.9. The fourth-order valence-electron chi connectivity index (χ4n) is 8.05. The summed E-state index contributed by atoms with van der Waals surface area (Å²) >= 11 is 1.85. The predicted molar refractivity (Wildman–Crippen MR) is 243 cm³/mol. The lowest BCUT2D eigenvalue weighted by atomic mass is 10.0. The third kappa shape index (κ3) is 8.73. The fourth-order valence-corrected chi connectivity index (χ4v) is 9.32. The molecule has 56 heavy (non-hydrogen) atoms. The Bertz CT molecular complexity index is 2530. The molecule has 0 saturated carbocycles. The van der Waals surface area contributed by atoms with E-state index in [0.717, 1.165) is 62.4 Å². The van der Waals surface area contributed by atoms with E-state index in [0.29, 0.717) is 0 Å². The van der Waals surface area contributed by atoms with Crippen molar-refractivity contribution in [2.24, 2.45) is 0 Å². The molecule has 0 spiro atoms. The van der Waals surface area contributed by atoms with Crippen molar-refractivity contribution in [2.45, 2.75) is 104 Å². The lowest BCUT2D eigenvalue weighted by molar-refractivity contribution is 0.607. The highest BCUT2D eigenvalue weighted by Gasteiger charge is 2.15. The third-order valence-electron chi connectivity index (χ3n) is 11.3. The second-order valence-corrected chi connectivity index (χ2v) is 16.6. The van der Waals surface area contributed by atoms with Crippen molar-refractivity contribution in [1.82, 2.24) is 0 Å². The first-order valence-corrected chi connectivity index (χ1v) is 21.9. The number of hydrogen-bond acceptors (Lipinski definition) is 2. The Morgan fingerprint density at radius 1 is 0.411 bits per heavy atom. The van der Waals surface area contributed by atoms with Gasteiger partial charge in [0, 0.05) is 64.0 Å². The van der Waals surface area contributed by atoms with Gasteiger partial charge in [0.25, 0.3) is 0 Å². The number of aryl methyl sites for hydroxylation is 2. The van der Waals surface area contributed by atoms with Crippen LogP contribution < -0.4 is 0 Å². The van der Waals surface area contributed by atoms with Gasteiger partial charge < -0.3 is 4.42 Å². The van der Waals surface area contributed by atoms with E-state index < -0.39 is 0 Å². The Morgan fingerprint density at radius 2 is 0.839 bits per heavy atom. The maximum absolute atomic E-state index is 6.62. The fraction of sp³-hybridized carbons (Fsp3) is 0.296. The first-order chi connectivity index (χ1) is 27.7. The molecule has 0 unspecified atom stereocenters. The van der Waals surface area contributed by atoms with Gasteiger partial charge in [0.15, 0.2) is 0 Å². The van der Waals surface area contributed by atoms with Crippen LogP contribution in [0.2, 0.25) is 0 Å². The molecule has 0 atom stereocenters. The van der Waals surface area contributed by atoms with Crippen LogP contribution in [-0.2, 0) is 12.8 Å². The molecule has 2 aromatic heterocycles. The van der Waals surface area contributed by atoms with E-state index in [1.54, 1.807) is 0 Å². The molecule has 0 amide bonds. The minimum Gasteiger partial charge on any atom is -0.455 e. The predicted octanol–water partition coefficient (Wildman–Crippen LogP) is 15.7. The maximum atomic E-state index is 6.62. The van der Waals surface area contributed by atoms with Gasteiger partial charge in [-0.2, -0.15) is 0 Å². The van der Waals surface area contributed by atoms with Crippen LogP contribution in [-0.4, -0.2) is 0 Å². The topological polar surface area (TPSA) is 13.1 Å². The van der Waals surface area contributed by atoms with Crippen molar-refractivity contribution in [2.75, 3.05) is 0 Å². The van der Waals surface area contributed by atoms with Crippen LogP contribution in [0.25, 0.3) is 52.9 Å². The van der Waals surface area contributed by atoms with Crippen LogP contribution in [0.5, 0.6) is 0 Å². The zero-order valence-electron chi connectivity index (χ0n) is 33.1. The van der Waals surface area contributed by atoms with Crippen molar-refractivity contribution >= 4 is 64.2 Å². The van der Waals surface area contributed by atoms with Crippen molar-refractivity contribution in [3.63, 3.8) is 0 Å². The summed E-state index contributed by atoms with van der Waals surface area (Å²) in [6.45, 7) is 4.55. The molecule has 0 N–H and O–H groups in total. The summed E-state index contributed by atoms with van der Waals surface area (Å²) in [5, 5.41) is 7.19. The lowest BCUT2D eigenvalue weighted by Gasteiger charge is -2.02. The Labute approximate surface area is 337 Å². The van der Waals surface area contributed by atoms with Gasteiger partial charge in [-0.25, -0.2) is 0 Å². The summed E-state index contributed by atoms with van der Waals surface area (Å²) < 4.78 is 9.17. The van der Waals surface area contributed by atoms with Crippen LogP contribution in [0.3, 0.4) is 0 Å². The Morgan fingerprint density at radius 3 is 1.43 bits per heavy atom. The molecule has 2 heterocycles. The molecule has 1 nitrogen and oxygen atoms in total. The van der Waals surface area contributed by atoms with E-state index in [-0.39, 0.29) is 0 Å². The largest absolute Gasteiger partial charge is 0.455 e. The van der Waals surface area contributed by atoms with Crippen LogP contribution >= 0.6 is 11.3 Å². The summed E-state index contributed by atoms with van der Waals surface area (Å²) in [7, 11) is 0. The van der Waals surface area contributed by atoms with E-state index >= 15 is 0 Å². The van der Waals surface area contributed by atoms with Crippen LogP contribution in [0.4, 0.5) is 0 Å². The van der Waals surface area contributed by atoms with Gasteiger partial charge in [-0.3, -0.25) is 0 Å². The van der Waals surface area contributed by atoms with Crippen molar-refractivity contribution in [3.05, 3.63) is 143 Å². The van der Waals surface area contributed by atoms with Gasteiger partial charge in [0.05, 0.1) is 0 Å². The Kier molecular flexibility index (Phi) is 12.2. The molecular formula is C54H52OS. The SMILES string of the molecule is CCCCCCCCc1ccc(C#Cc2ccc3c(c2)oc2c3ccc3c2ccc2c4ccc(C#Cc5ccc(CCCCCCCC)cc5)cc4sc23)cc1. The molecule has 0 aliphatic carbocycles. The molecule has 6 aromatic carbocycles. The molecule has 2 heteroatoms. The van der Waals surface area contributed by atoms with Crippen molar-refractivity contribution in [3.8, 4) is 23.7 Å². The highest BCUT2D eigenvalue weighted by Crippen LogP contribution is 2.42. The first-order valence-electron chi connectivity index (χ1n) is 21.1. The van der Waals surface area contributed by atoms with Gasteiger partial charge >= 0.3 is 0 Å².